The van der Waals surface area contributed by atoms with Crippen molar-refractivity contribution in [3.05, 3.63) is 58.0 Å². The number of rotatable bonds is 2. The molecule has 0 amide bonds. The van der Waals surface area contributed by atoms with E-state index in [1.807, 2.05) is 0 Å². The molecule has 0 aliphatic rings. The van der Waals surface area contributed by atoms with Gasteiger partial charge in [-0.25, -0.2) is 18.7 Å². The summed E-state index contributed by atoms with van der Waals surface area (Å²) in [6.07, 6.45) is 0. The van der Waals surface area contributed by atoms with Crippen molar-refractivity contribution in [2.24, 2.45) is 0 Å². The van der Waals surface area contributed by atoms with E-state index in [0.717, 1.165) is 22.7 Å². The molecule has 0 N–H and O–H groups in total. The van der Waals surface area contributed by atoms with Crippen LogP contribution < -0.4 is 0 Å². The standard InChI is InChI=1S/C15H6F2N2OS2/c16-7-1-3-9-11(5-7)21-14(18-9)13(20)15-19-10-4-2-8(17)6-12(10)22-15/h1-6H. The molecule has 22 heavy (non-hydrogen) atoms. The molecule has 2 aromatic carbocycles. The summed E-state index contributed by atoms with van der Waals surface area (Å²) in [5, 5.41) is 0.500. The van der Waals surface area contributed by atoms with E-state index in [1.54, 1.807) is 0 Å². The van der Waals surface area contributed by atoms with Crippen LogP contribution in [0.5, 0.6) is 0 Å². The summed E-state index contributed by atoms with van der Waals surface area (Å²) in [5.41, 5.74) is 1.14. The Bertz CT molecular complexity index is 957. The first kappa shape index (κ1) is 13.4. The molecule has 0 unspecified atom stereocenters. The van der Waals surface area contributed by atoms with Crippen LogP contribution in [0.3, 0.4) is 0 Å². The van der Waals surface area contributed by atoms with Crippen LogP contribution in [0.25, 0.3) is 20.4 Å². The molecule has 0 saturated carbocycles. The number of fused-ring (bicyclic) bond motifs is 2. The average Bonchev–Trinajstić information content (AvgIpc) is 3.08. The maximum Gasteiger partial charge on any atom is 0.250 e. The van der Waals surface area contributed by atoms with E-state index in [2.05, 4.69) is 9.97 Å². The summed E-state index contributed by atoms with van der Waals surface area (Å²) in [7, 11) is 0. The number of thiazole rings is 2. The van der Waals surface area contributed by atoms with Crippen LogP contribution in [0.4, 0.5) is 8.78 Å². The lowest BCUT2D eigenvalue weighted by molar-refractivity contribution is 0.103. The first-order valence-corrected chi connectivity index (χ1v) is 7.90. The Labute approximate surface area is 130 Å². The fraction of sp³-hybridized carbons (Fsp3) is 0. The Hall–Kier alpha value is -2.25. The van der Waals surface area contributed by atoms with Crippen molar-refractivity contribution in [1.82, 2.24) is 9.97 Å². The summed E-state index contributed by atoms with van der Waals surface area (Å²) in [6, 6.07) is 8.36. The van der Waals surface area contributed by atoms with E-state index < -0.39 is 0 Å². The quantitative estimate of drug-likeness (QED) is 0.511. The lowest BCUT2D eigenvalue weighted by Crippen LogP contribution is -1.99. The Morgan fingerprint density at radius 1 is 0.818 bits per heavy atom. The van der Waals surface area contributed by atoms with E-state index >= 15 is 0 Å². The Morgan fingerprint density at radius 3 is 1.73 bits per heavy atom. The highest BCUT2D eigenvalue weighted by Gasteiger charge is 2.19. The van der Waals surface area contributed by atoms with Crippen LogP contribution in [-0.4, -0.2) is 15.8 Å². The van der Waals surface area contributed by atoms with Crippen molar-refractivity contribution in [2.45, 2.75) is 0 Å². The maximum absolute atomic E-state index is 13.2. The van der Waals surface area contributed by atoms with Gasteiger partial charge in [-0.05, 0) is 36.4 Å². The Kier molecular flexibility index (Phi) is 2.98. The number of ketones is 1. The van der Waals surface area contributed by atoms with E-state index in [0.29, 0.717) is 20.4 Å². The zero-order valence-corrected chi connectivity index (χ0v) is 12.5. The summed E-state index contributed by atoms with van der Waals surface area (Å²) < 4.78 is 27.6. The lowest BCUT2D eigenvalue weighted by atomic mass is 10.3. The molecule has 0 aliphatic carbocycles. The van der Waals surface area contributed by atoms with Gasteiger partial charge in [0.05, 0.1) is 20.4 Å². The van der Waals surface area contributed by atoms with Crippen molar-refractivity contribution >= 4 is 48.9 Å². The summed E-state index contributed by atoms with van der Waals surface area (Å²) >= 11 is 2.24. The topological polar surface area (TPSA) is 42.9 Å². The van der Waals surface area contributed by atoms with Crippen LogP contribution in [0.15, 0.2) is 36.4 Å². The number of carbonyl (C=O) groups excluding carboxylic acids is 1. The van der Waals surface area contributed by atoms with Crippen molar-refractivity contribution in [3.8, 4) is 0 Å². The first-order valence-electron chi connectivity index (χ1n) is 6.27. The van der Waals surface area contributed by atoms with Gasteiger partial charge in [-0.15, -0.1) is 22.7 Å². The van der Waals surface area contributed by atoms with Crippen LogP contribution >= 0.6 is 22.7 Å². The largest absolute Gasteiger partial charge is 0.283 e. The predicted octanol–water partition coefficient (Wildman–Crippen LogP) is 4.42. The molecule has 0 atom stereocenters. The van der Waals surface area contributed by atoms with Crippen LogP contribution in [0.2, 0.25) is 0 Å². The number of nitrogens with zero attached hydrogens (tertiary/aromatic N) is 2. The number of aromatic nitrogens is 2. The fourth-order valence-corrected chi connectivity index (χ4v) is 4.01. The number of halogens is 2. The molecule has 0 radical (unpaired) electrons. The molecule has 2 heterocycles. The molecule has 4 aromatic rings. The van der Waals surface area contributed by atoms with Gasteiger partial charge in [0, 0.05) is 0 Å². The molecular weight excluding hydrogens is 326 g/mol. The van der Waals surface area contributed by atoms with Gasteiger partial charge in [0.15, 0.2) is 10.0 Å². The molecule has 0 bridgehead atoms. The molecule has 4 rings (SSSR count). The van der Waals surface area contributed by atoms with Crippen LogP contribution in [0.1, 0.15) is 14.8 Å². The van der Waals surface area contributed by atoms with Gasteiger partial charge in [0.1, 0.15) is 11.6 Å². The van der Waals surface area contributed by atoms with Gasteiger partial charge in [-0.1, -0.05) is 0 Å². The van der Waals surface area contributed by atoms with Crippen molar-refractivity contribution in [2.75, 3.05) is 0 Å². The number of benzene rings is 2. The molecule has 0 saturated heterocycles. The third-order valence-electron chi connectivity index (χ3n) is 3.09. The smallest absolute Gasteiger partial charge is 0.250 e. The number of carbonyl (C=O) groups is 1. The van der Waals surface area contributed by atoms with E-state index in [9.17, 15) is 13.6 Å². The van der Waals surface area contributed by atoms with Crippen LogP contribution in [-0.2, 0) is 0 Å². The minimum atomic E-state index is -0.370. The van der Waals surface area contributed by atoms with Crippen LogP contribution in [0, 0.1) is 11.6 Å². The maximum atomic E-state index is 13.2. The van der Waals surface area contributed by atoms with Gasteiger partial charge in [0.25, 0.3) is 0 Å². The number of hydrogen-bond donors (Lipinski definition) is 0. The van der Waals surface area contributed by atoms with Crippen molar-refractivity contribution < 1.29 is 13.6 Å². The molecule has 0 spiro atoms. The molecule has 2 aromatic heterocycles. The molecule has 0 fully saturated rings. The van der Waals surface area contributed by atoms with E-state index in [4.69, 9.17) is 0 Å². The third kappa shape index (κ3) is 2.18. The number of hydrogen-bond acceptors (Lipinski definition) is 5. The Balaban J connectivity index is 1.80. The summed E-state index contributed by atoms with van der Waals surface area (Å²) in [5.74, 6) is -1.07. The van der Waals surface area contributed by atoms with E-state index in [1.165, 1.54) is 36.4 Å². The monoisotopic (exact) mass is 332 g/mol. The molecule has 0 aliphatic heterocycles. The van der Waals surface area contributed by atoms with Gasteiger partial charge in [-0.2, -0.15) is 0 Å². The van der Waals surface area contributed by atoms with Crippen molar-refractivity contribution in [1.29, 1.82) is 0 Å². The lowest BCUT2D eigenvalue weighted by Gasteiger charge is -1.88. The zero-order valence-electron chi connectivity index (χ0n) is 10.8. The second-order valence-corrected chi connectivity index (χ2v) is 6.65. The zero-order chi connectivity index (χ0) is 15.3. The third-order valence-corrected chi connectivity index (χ3v) is 5.12. The molecule has 3 nitrogen and oxygen atoms in total. The summed E-state index contributed by atoms with van der Waals surface area (Å²) in [6.45, 7) is 0. The predicted molar refractivity (Wildman–Crippen MR) is 82.6 cm³/mol. The normalized spacial score (nSPS) is 11.4. The highest BCUT2D eigenvalue weighted by molar-refractivity contribution is 7.23. The average molecular weight is 332 g/mol. The van der Waals surface area contributed by atoms with Gasteiger partial charge < -0.3 is 0 Å². The van der Waals surface area contributed by atoms with Crippen molar-refractivity contribution in [3.63, 3.8) is 0 Å². The first-order chi connectivity index (χ1) is 10.6. The van der Waals surface area contributed by atoms with Gasteiger partial charge in [0.2, 0.25) is 5.78 Å². The van der Waals surface area contributed by atoms with Gasteiger partial charge in [-0.3, -0.25) is 4.79 Å². The minimum absolute atomic E-state index is 0.250. The second-order valence-electron chi connectivity index (χ2n) is 4.59. The molecular formula is C15H6F2N2OS2. The molecule has 7 heteroatoms. The Morgan fingerprint density at radius 2 is 1.27 bits per heavy atom. The minimum Gasteiger partial charge on any atom is -0.283 e. The fourth-order valence-electron chi connectivity index (χ4n) is 2.08. The summed E-state index contributed by atoms with van der Waals surface area (Å²) in [4.78, 5) is 20.9. The van der Waals surface area contributed by atoms with Gasteiger partial charge >= 0.3 is 0 Å². The second kappa shape index (κ2) is 4.89. The molecule has 108 valence electrons. The highest BCUT2D eigenvalue weighted by atomic mass is 32.1. The SMILES string of the molecule is O=C(c1nc2ccc(F)cc2s1)c1nc2ccc(F)cc2s1. The van der Waals surface area contributed by atoms with E-state index in [-0.39, 0.29) is 27.4 Å². The highest BCUT2D eigenvalue weighted by Crippen LogP contribution is 2.28.